The Kier molecular flexibility index (Phi) is 5.00. The predicted molar refractivity (Wildman–Crippen MR) is 78.5 cm³/mol. The standard InChI is InChI=1S/C15H19FN2O.ClH/c16-11-3-1-2-10(6-11)7-15(19)18-14-8-12-4-5-13(9-14)17-12;/h1-3,6,12-14,17H,4-5,7-9H2,(H,18,19);1H. The van der Waals surface area contributed by atoms with Gasteiger partial charge in [-0.3, -0.25) is 4.79 Å². The van der Waals surface area contributed by atoms with Crippen LogP contribution in [0, 0.1) is 5.82 Å². The molecule has 2 atom stereocenters. The van der Waals surface area contributed by atoms with Crippen LogP contribution in [0.5, 0.6) is 0 Å². The maximum absolute atomic E-state index is 13.0. The Morgan fingerprint density at radius 1 is 1.30 bits per heavy atom. The maximum Gasteiger partial charge on any atom is 0.224 e. The van der Waals surface area contributed by atoms with Crippen molar-refractivity contribution in [1.82, 2.24) is 10.6 Å². The third-order valence-electron chi connectivity index (χ3n) is 4.09. The molecule has 2 unspecified atom stereocenters. The Bertz CT molecular complexity index is 471. The number of fused-ring (bicyclic) bond motifs is 2. The summed E-state index contributed by atoms with van der Waals surface area (Å²) in [7, 11) is 0. The van der Waals surface area contributed by atoms with Gasteiger partial charge in [-0.2, -0.15) is 0 Å². The van der Waals surface area contributed by atoms with Crippen LogP contribution in [0.3, 0.4) is 0 Å². The summed E-state index contributed by atoms with van der Waals surface area (Å²) in [5, 5.41) is 6.64. The monoisotopic (exact) mass is 298 g/mol. The highest BCUT2D eigenvalue weighted by Gasteiger charge is 2.33. The van der Waals surface area contributed by atoms with Crippen molar-refractivity contribution in [3.8, 4) is 0 Å². The van der Waals surface area contributed by atoms with Crippen LogP contribution in [0.15, 0.2) is 24.3 Å². The van der Waals surface area contributed by atoms with Gasteiger partial charge in [-0.15, -0.1) is 12.4 Å². The average Bonchev–Trinajstić information content (AvgIpc) is 2.68. The Morgan fingerprint density at radius 2 is 2.00 bits per heavy atom. The summed E-state index contributed by atoms with van der Waals surface area (Å²) in [6, 6.07) is 7.66. The number of benzene rings is 1. The normalized spacial score (nSPS) is 27.8. The van der Waals surface area contributed by atoms with Gasteiger partial charge < -0.3 is 10.6 Å². The summed E-state index contributed by atoms with van der Waals surface area (Å²) in [5.74, 6) is -0.290. The summed E-state index contributed by atoms with van der Waals surface area (Å²) in [6.07, 6.45) is 4.75. The van der Waals surface area contributed by atoms with E-state index in [1.165, 1.54) is 25.0 Å². The Balaban J connectivity index is 0.00000147. The van der Waals surface area contributed by atoms with E-state index in [1.807, 2.05) is 0 Å². The molecule has 2 aliphatic rings. The van der Waals surface area contributed by atoms with E-state index in [4.69, 9.17) is 0 Å². The van der Waals surface area contributed by atoms with E-state index in [0.717, 1.165) is 18.4 Å². The molecular weight excluding hydrogens is 279 g/mol. The molecule has 0 aliphatic carbocycles. The fourth-order valence-corrected chi connectivity index (χ4v) is 3.29. The van der Waals surface area contributed by atoms with Gasteiger partial charge in [-0.25, -0.2) is 4.39 Å². The molecule has 2 fully saturated rings. The second kappa shape index (κ2) is 6.55. The van der Waals surface area contributed by atoms with E-state index in [-0.39, 0.29) is 36.6 Å². The SMILES string of the molecule is Cl.O=C(Cc1cccc(F)c1)NC1CC2CCC(C1)N2. The lowest BCUT2D eigenvalue weighted by Crippen LogP contribution is -2.48. The van der Waals surface area contributed by atoms with Gasteiger partial charge in [-0.05, 0) is 43.4 Å². The van der Waals surface area contributed by atoms with Crippen molar-refractivity contribution in [2.75, 3.05) is 0 Å². The third kappa shape index (κ3) is 3.70. The van der Waals surface area contributed by atoms with Crippen molar-refractivity contribution in [2.24, 2.45) is 0 Å². The van der Waals surface area contributed by atoms with Crippen molar-refractivity contribution < 1.29 is 9.18 Å². The van der Waals surface area contributed by atoms with Crippen molar-refractivity contribution in [1.29, 1.82) is 0 Å². The molecule has 0 aromatic heterocycles. The Hall–Kier alpha value is -1.13. The van der Waals surface area contributed by atoms with Gasteiger partial charge in [0, 0.05) is 18.1 Å². The fraction of sp³-hybridized carbons (Fsp3) is 0.533. The summed E-state index contributed by atoms with van der Waals surface area (Å²) in [4.78, 5) is 12.0. The zero-order chi connectivity index (χ0) is 13.2. The molecule has 2 saturated heterocycles. The van der Waals surface area contributed by atoms with E-state index in [1.54, 1.807) is 12.1 Å². The van der Waals surface area contributed by atoms with Crippen molar-refractivity contribution >= 4 is 18.3 Å². The highest BCUT2D eigenvalue weighted by molar-refractivity contribution is 5.85. The minimum Gasteiger partial charge on any atom is -0.353 e. The molecule has 2 heterocycles. The Labute approximate surface area is 124 Å². The molecule has 1 aromatic carbocycles. The van der Waals surface area contributed by atoms with Gasteiger partial charge in [0.25, 0.3) is 0 Å². The molecule has 5 heteroatoms. The lowest BCUT2D eigenvalue weighted by atomic mass is 9.99. The first kappa shape index (κ1) is 15.3. The molecule has 2 aliphatic heterocycles. The molecule has 2 bridgehead atoms. The van der Waals surface area contributed by atoms with Crippen LogP contribution in [-0.4, -0.2) is 24.0 Å². The largest absolute Gasteiger partial charge is 0.353 e. The van der Waals surface area contributed by atoms with Gasteiger partial charge in [0.1, 0.15) is 5.82 Å². The molecular formula is C15H20ClFN2O. The number of nitrogens with one attached hydrogen (secondary N) is 2. The summed E-state index contributed by atoms with van der Waals surface area (Å²) in [6.45, 7) is 0. The van der Waals surface area contributed by atoms with Gasteiger partial charge >= 0.3 is 0 Å². The minimum absolute atomic E-state index is 0. The lowest BCUT2D eigenvalue weighted by molar-refractivity contribution is -0.121. The summed E-state index contributed by atoms with van der Waals surface area (Å²) >= 11 is 0. The van der Waals surface area contributed by atoms with Gasteiger partial charge in [0.15, 0.2) is 0 Å². The van der Waals surface area contributed by atoms with E-state index < -0.39 is 0 Å². The highest BCUT2D eigenvalue weighted by atomic mass is 35.5. The molecule has 1 amide bonds. The third-order valence-corrected chi connectivity index (χ3v) is 4.09. The van der Waals surface area contributed by atoms with Crippen molar-refractivity contribution in [3.05, 3.63) is 35.6 Å². The zero-order valence-electron chi connectivity index (χ0n) is 11.3. The fourth-order valence-electron chi connectivity index (χ4n) is 3.29. The zero-order valence-corrected chi connectivity index (χ0v) is 12.1. The number of halogens is 2. The lowest BCUT2D eigenvalue weighted by Gasteiger charge is -2.29. The molecule has 110 valence electrons. The van der Waals surface area contributed by atoms with Crippen LogP contribution >= 0.6 is 12.4 Å². The van der Waals surface area contributed by atoms with E-state index in [9.17, 15) is 9.18 Å². The Morgan fingerprint density at radius 3 is 2.65 bits per heavy atom. The molecule has 3 rings (SSSR count). The summed E-state index contributed by atoms with van der Waals surface area (Å²) in [5.41, 5.74) is 0.731. The maximum atomic E-state index is 13.0. The molecule has 0 saturated carbocycles. The first-order valence-corrected chi connectivity index (χ1v) is 6.99. The van der Waals surface area contributed by atoms with Crippen LogP contribution in [0.4, 0.5) is 4.39 Å². The van der Waals surface area contributed by atoms with Gasteiger partial charge in [0.05, 0.1) is 6.42 Å². The van der Waals surface area contributed by atoms with Crippen LogP contribution in [0.2, 0.25) is 0 Å². The molecule has 20 heavy (non-hydrogen) atoms. The number of hydrogen-bond donors (Lipinski definition) is 2. The average molecular weight is 299 g/mol. The molecule has 1 aromatic rings. The van der Waals surface area contributed by atoms with Gasteiger partial charge in [-0.1, -0.05) is 12.1 Å². The summed E-state index contributed by atoms with van der Waals surface area (Å²) < 4.78 is 13.0. The predicted octanol–water partition coefficient (Wildman–Crippen LogP) is 2.19. The number of carbonyl (C=O) groups excluding carboxylic acids is 1. The molecule has 0 spiro atoms. The second-order valence-electron chi connectivity index (χ2n) is 5.68. The quantitative estimate of drug-likeness (QED) is 0.898. The molecule has 3 nitrogen and oxygen atoms in total. The molecule has 0 radical (unpaired) electrons. The number of rotatable bonds is 3. The topological polar surface area (TPSA) is 41.1 Å². The van der Waals surface area contributed by atoms with Crippen LogP contribution < -0.4 is 10.6 Å². The van der Waals surface area contributed by atoms with E-state index in [0.29, 0.717) is 12.1 Å². The second-order valence-corrected chi connectivity index (χ2v) is 5.68. The van der Waals surface area contributed by atoms with Crippen molar-refractivity contribution in [2.45, 2.75) is 50.2 Å². The highest BCUT2D eigenvalue weighted by Crippen LogP contribution is 2.26. The van der Waals surface area contributed by atoms with Crippen molar-refractivity contribution in [3.63, 3.8) is 0 Å². The smallest absolute Gasteiger partial charge is 0.224 e. The van der Waals surface area contributed by atoms with Gasteiger partial charge in [0.2, 0.25) is 5.91 Å². The molecule has 2 N–H and O–H groups in total. The minimum atomic E-state index is -0.287. The first-order chi connectivity index (χ1) is 9.19. The number of amides is 1. The van der Waals surface area contributed by atoms with Crippen LogP contribution in [0.25, 0.3) is 0 Å². The van der Waals surface area contributed by atoms with Crippen LogP contribution in [0.1, 0.15) is 31.2 Å². The first-order valence-electron chi connectivity index (χ1n) is 6.99. The number of hydrogen-bond acceptors (Lipinski definition) is 2. The number of carbonyl (C=O) groups is 1. The van der Waals surface area contributed by atoms with E-state index >= 15 is 0 Å². The number of piperidine rings is 1. The van der Waals surface area contributed by atoms with E-state index in [2.05, 4.69) is 10.6 Å². The van der Waals surface area contributed by atoms with Crippen LogP contribution in [-0.2, 0) is 11.2 Å².